The summed E-state index contributed by atoms with van der Waals surface area (Å²) >= 11 is 1.19. The maximum Gasteiger partial charge on any atom is 0.190 e. The highest BCUT2D eigenvalue weighted by atomic mass is 32.2. The third-order valence-corrected chi connectivity index (χ3v) is 6.07. The van der Waals surface area contributed by atoms with E-state index in [1.165, 1.54) is 11.3 Å². The molecule has 72 valence electrons. The smallest absolute Gasteiger partial charge is 0.190 e. The summed E-state index contributed by atoms with van der Waals surface area (Å²) in [6.07, 6.45) is -0.300. The molecule has 1 aliphatic heterocycles. The zero-order chi connectivity index (χ0) is 9.64. The quantitative estimate of drug-likeness (QED) is 0.715. The number of hydrogen-bond donors (Lipinski definition) is 1. The summed E-state index contributed by atoms with van der Waals surface area (Å²) in [5.41, 5.74) is 0.572. The first-order valence-electron chi connectivity index (χ1n) is 4.03. The highest BCUT2D eigenvalue weighted by molar-refractivity contribution is 7.94. The topological polar surface area (TPSA) is 54.4 Å². The van der Waals surface area contributed by atoms with Gasteiger partial charge < -0.3 is 5.11 Å². The Morgan fingerprint density at radius 2 is 2.31 bits per heavy atom. The molecule has 0 aromatic carbocycles. The lowest BCUT2D eigenvalue weighted by Crippen LogP contribution is -2.26. The first-order chi connectivity index (χ1) is 6.03. The van der Waals surface area contributed by atoms with Crippen molar-refractivity contribution in [2.45, 2.75) is 28.9 Å². The van der Waals surface area contributed by atoms with Crippen LogP contribution in [0.25, 0.3) is 0 Å². The number of aliphatic hydroxyl groups excluding tert-OH is 1. The molecule has 1 aliphatic rings. The molecule has 0 bridgehead atoms. The molecule has 13 heavy (non-hydrogen) atoms. The summed E-state index contributed by atoms with van der Waals surface area (Å²) in [5.74, 6) is 0. The number of thiophene rings is 1. The first kappa shape index (κ1) is 9.18. The molecule has 1 aromatic heterocycles. The Kier molecular flexibility index (Phi) is 1.98. The Balaban J connectivity index is 2.66. The zero-order valence-corrected chi connectivity index (χ0v) is 8.73. The minimum atomic E-state index is -3.15. The summed E-state index contributed by atoms with van der Waals surface area (Å²) in [4.78, 5) is 0. The molecule has 2 atom stereocenters. The van der Waals surface area contributed by atoms with E-state index in [1.807, 2.05) is 0 Å². The van der Waals surface area contributed by atoms with Crippen molar-refractivity contribution in [2.75, 3.05) is 0 Å². The van der Waals surface area contributed by atoms with Gasteiger partial charge in [0.1, 0.15) is 4.21 Å². The molecule has 0 spiro atoms. The third kappa shape index (κ3) is 1.22. The Morgan fingerprint density at radius 3 is 3.00 bits per heavy atom. The van der Waals surface area contributed by atoms with E-state index >= 15 is 0 Å². The van der Waals surface area contributed by atoms with Gasteiger partial charge in [-0.3, -0.25) is 0 Å². The van der Waals surface area contributed by atoms with E-state index in [4.69, 9.17) is 0 Å². The fourth-order valence-corrected chi connectivity index (χ4v) is 4.74. The Hall–Kier alpha value is -0.390. The molecule has 0 amide bonds. The lowest BCUT2D eigenvalue weighted by Gasteiger charge is -2.23. The average Bonchev–Trinajstić information content (AvgIpc) is 2.49. The van der Waals surface area contributed by atoms with Crippen LogP contribution in [0.1, 0.15) is 25.0 Å². The molecule has 0 unspecified atom stereocenters. The zero-order valence-electron chi connectivity index (χ0n) is 7.10. The minimum absolute atomic E-state index is 0.312. The normalized spacial score (nSPS) is 31.2. The van der Waals surface area contributed by atoms with E-state index in [0.29, 0.717) is 16.2 Å². The van der Waals surface area contributed by atoms with Crippen molar-refractivity contribution in [2.24, 2.45) is 0 Å². The molecule has 0 saturated carbocycles. The SMILES string of the molecule is C[C@H]1C[C@H](O)c2ccsc2S1(=O)=O. The van der Waals surface area contributed by atoms with Crippen molar-refractivity contribution in [3.05, 3.63) is 17.0 Å². The Morgan fingerprint density at radius 1 is 1.62 bits per heavy atom. The van der Waals surface area contributed by atoms with Crippen LogP contribution in [-0.2, 0) is 9.84 Å². The fourth-order valence-electron chi connectivity index (χ4n) is 1.53. The summed E-state index contributed by atoms with van der Waals surface area (Å²) in [6, 6.07) is 1.69. The molecule has 2 heterocycles. The number of hydrogen-bond acceptors (Lipinski definition) is 4. The molecule has 0 aliphatic carbocycles. The molecule has 1 N–H and O–H groups in total. The largest absolute Gasteiger partial charge is 0.388 e. The van der Waals surface area contributed by atoms with Gasteiger partial charge in [0.05, 0.1) is 11.4 Å². The minimum Gasteiger partial charge on any atom is -0.388 e. The second kappa shape index (κ2) is 2.80. The van der Waals surface area contributed by atoms with E-state index in [9.17, 15) is 13.5 Å². The molecule has 0 fully saturated rings. The lowest BCUT2D eigenvalue weighted by atomic mass is 10.1. The van der Waals surface area contributed by atoms with Gasteiger partial charge in [-0.2, -0.15) is 0 Å². The van der Waals surface area contributed by atoms with Crippen LogP contribution < -0.4 is 0 Å². The van der Waals surface area contributed by atoms with Crippen LogP contribution in [0.4, 0.5) is 0 Å². The van der Waals surface area contributed by atoms with E-state index in [1.54, 1.807) is 18.4 Å². The number of aliphatic hydroxyl groups is 1. The highest BCUT2D eigenvalue weighted by Crippen LogP contribution is 2.39. The van der Waals surface area contributed by atoms with E-state index < -0.39 is 21.2 Å². The van der Waals surface area contributed by atoms with Crippen LogP contribution in [0.3, 0.4) is 0 Å². The van der Waals surface area contributed by atoms with Crippen molar-refractivity contribution < 1.29 is 13.5 Å². The molecule has 5 heteroatoms. The van der Waals surface area contributed by atoms with Crippen LogP contribution in [0, 0.1) is 0 Å². The van der Waals surface area contributed by atoms with Gasteiger partial charge in [-0.05, 0) is 24.8 Å². The summed E-state index contributed by atoms with van der Waals surface area (Å²) in [6.45, 7) is 1.64. The van der Waals surface area contributed by atoms with Crippen molar-refractivity contribution >= 4 is 21.2 Å². The van der Waals surface area contributed by atoms with E-state index in [-0.39, 0.29) is 0 Å². The van der Waals surface area contributed by atoms with E-state index in [0.717, 1.165) is 0 Å². The standard InChI is InChI=1S/C8H10O3S2/c1-5-4-7(9)6-2-3-12-8(6)13(5,10)11/h2-3,5,7,9H,4H2,1H3/t5-,7-/m0/s1. The van der Waals surface area contributed by atoms with Crippen LogP contribution >= 0.6 is 11.3 Å². The predicted molar refractivity (Wildman–Crippen MR) is 50.5 cm³/mol. The molecule has 0 radical (unpaired) electrons. The van der Waals surface area contributed by atoms with Crippen molar-refractivity contribution in [1.29, 1.82) is 0 Å². The lowest BCUT2D eigenvalue weighted by molar-refractivity contribution is 0.161. The van der Waals surface area contributed by atoms with Gasteiger partial charge in [0.25, 0.3) is 0 Å². The van der Waals surface area contributed by atoms with Gasteiger partial charge >= 0.3 is 0 Å². The van der Waals surface area contributed by atoms with Crippen molar-refractivity contribution in [1.82, 2.24) is 0 Å². The first-order valence-corrected chi connectivity index (χ1v) is 6.45. The molecule has 0 saturated heterocycles. The average molecular weight is 218 g/mol. The highest BCUT2D eigenvalue weighted by Gasteiger charge is 2.36. The van der Waals surface area contributed by atoms with Crippen LogP contribution in [0.15, 0.2) is 15.7 Å². The van der Waals surface area contributed by atoms with Gasteiger partial charge in [-0.1, -0.05) is 0 Å². The van der Waals surface area contributed by atoms with E-state index in [2.05, 4.69) is 0 Å². The Labute approximate surface area is 80.9 Å². The van der Waals surface area contributed by atoms with Gasteiger partial charge in [0.15, 0.2) is 9.84 Å². The maximum atomic E-state index is 11.7. The molecular formula is C8H10O3S2. The van der Waals surface area contributed by atoms with Crippen molar-refractivity contribution in [3.8, 4) is 0 Å². The second-order valence-corrected chi connectivity index (χ2v) is 6.75. The van der Waals surface area contributed by atoms with Crippen LogP contribution in [0.5, 0.6) is 0 Å². The molecular weight excluding hydrogens is 208 g/mol. The van der Waals surface area contributed by atoms with Gasteiger partial charge in [-0.25, -0.2) is 8.42 Å². The fraction of sp³-hybridized carbons (Fsp3) is 0.500. The number of sulfone groups is 1. The van der Waals surface area contributed by atoms with Crippen molar-refractivity contribution in [3.63, 3.8) is 0 Å². The van der Waals surface area contributed by atoms with Gasteiger partial charge in [-0.15, -0.1) is 11.3 Å². The number of fused-ring (bicyclic) bond motifs is 1. The predicted octanol–water partition coefficient (Wildman–Crippen LogP) is 1.35. The monoisotopic (exact) mass is 218 g/mol. The van der Waals surface area contributed by atoms with Crippen LogP contribution in [0.2, 0.25) is 0 Å². The molecule has 1 aromatic rings. The summed E-state index contributed by atoms with van der Waals surface area (Å²) < 4.78 is 23.8. The summed E-state index contributed by atoms with van der Waals surface area (Å²) in [7, 11) is -3.15. The summed E-state index contributed by atoms with van der Waals surface area (Å²) in [5, 5.41) is 10.8. The Bertz CT molecular complexity index is 418. The number of rotatable bonds is 0. The van der Waals surface area contributed by atoms with Crippen LogP contribution in [-0.4, -0.2) is 18.8 Å². The second-order valence-electron chi connectivity index (χ2n) is 3.27. The third-order valence-electron chi connectivity index (χ3n) is 2.36. The van der Waals surface area contributed by atoms with Gasteiger partial charge in [0, 0.05) is 5.56 Å². The van der Waals surface area contributed by atoms with Gasteiger partial charge in [0.2, 0.25) is 0 Å². The maximum absolute atomic E-state index is 11.7. The molecule has 3 nitrogen and oxygen atoms in total. The molecule has 2 rings (SSSR count).